The number of benzene rings is 1. The van der Waals surface area contributed by atoms with Crippen LogP contribution in [0.4, 0.5) is 5.69 Å². The molecule has 1 aromatic rings. The lowest BCUT2D eigenvalue weighted by atomic mass is 10.0. The maximum absolute atomic E-state index is 12.6. The highest BCUT2D eigenvalue weighted by molar-refractivity contribution is 5.91. The molecule has 1 aliphatic heterocycles. The van der Waals surface area contributed by atoms with E-state index in [1.165, 1.54) is 30.0 Å². The molecular weight excluding hydrogens is 358 g/mol. The SMILES string of the molecule is COC(=O)[C@H](Cc1ccccc1[N+](=O)[O-])NC(=O)[C@@H]1C[C@@H](O)CN1C(C)=O. The second-order valence-corrected chi connectivity index (χ2v) is 6.25. The number of carbonyl (C=O) groups excluding carboxylic acids is 3. The minimum absolute atomic E-state index is 0.0282. The van der Waals surface area contributed by atoms with Gasteiger partial charge in [0.25, 0.3) is 5.69 Å². The summed E-state index contributed by atoms with van der Waals surface area (Å²) in [6.07, 6.45) is -0.938. The third-order valence-electron chi connectivity index (χ3n) is 4.40. The van der Waals surface area contributed by atoms with Crippen LogP contribution in [0.5, 0.6) is 0 Å². The van der Waals surface area contributed by atoms with E-state index in [1.54, 1.807) is 6.07 Å². The van der Waals surface area contributed by atoms with Gasteiger partial charge in [-0.25, -0.2) is 4.79 Å². The second-order valence-electron chi connectivity index (χ2n) is 6.25. The number of aliphatic hydroxyl groups is 1. The quantitative estimate of drug-likeness (QED) is 0.395. The third kappa shape index (κ3) is 4.79. The first-order valence-corrected chi connectivity index (χ1v) is 8.30. The molecule has 10 nitrogen and oxygen atoms in total. The minimum atomic E-state index is -1.17. The Morgan fingerprint density at radius 1 is 1.41 bits per heavy atom. The van der Waals surface area contributed by atoms with Gasteiger partial charge in [-0.05, 0) is 0 Å². The fourth-order valence-corrected chi connectivity index (χ4v) is 3.10. The molecule has 3 atom stereocenters. The molecule has 0 aliphatic carbocycles. The number of β-amino-alcohol motifs (C(OH)–C–C–N with tert-alkyl or cyclic N) is 1. The average molecular weight is 379 g/mol. The number of nitrogens with zero attached hydrogens (tertiary/aromatic N) is 2. The van der Waals surface area contributed by atoms with E-state index in [9.17, 15) is 29.6 Å². The van der Waals surface area contributed by atoms with Gasteiger partial charge in [0.1, 0.15) is 12.1 Å². The largest absolute Gasteiger partial charge is 0.467 e. The maximum Gasteiger partial charge on any atom is 0.328 e. The maximum atomic E-state index is 12.6. The summed E-state index contributed by atoms with van der Waals surface area (Å²) in [4.78, 5) is 48.1. The zero-order chi connectivity index (χ0) is 20.1. The van der Waals surface area contributed by atoms with Crippen LogP contribution in [0, 0.1) is 10.1 Å². The van der Waals surface area contributed by atoms with E-state index in [4.69, 9.17) is 4.74 Å². The van der Waals surface area contributed by atoms with Gasteiger partial charge in [-0.3, -0.25) is 19.7 Å². The standard InChI is InChI=1S/C17H21N3O7/c1-10(21)19-9-12(22)8-15(19)16(23)18-13(17(24)27-2)7-11-5-3-4-6-14(11)20(25)26/h3-6,12-13,15,22H,7-9H2,1-2H3,(H,18,23)/t12-,13+,15+/m1/s1. The number of esters is 1. The Labute approximate surface area is 155 Å². The first-order chi connectivity index (χ1) is 12.7. The van der Waals surface area contributed by atoms with Crippen molar-refractivity contribution in [1.29, 1.82) is 0 Å². The molecule has 1 saturated heterocycles. The first kappa shape index (κ1) is 20.3. The van der Waals surface area contributed by atoms with Crippen molar-refractivity contribution in [3.05, 3.63) is 39.9 Å². The molecule has 2 rings (SSSR count). The van der Waals surface area contributed by atoms with Gasteiger partial charge in [-0.1, -0.05) is 18.2 Å². The summed E-state index contributed by atoms with van der Waals surface area (Å²) >= 11 is 0. The summed E-state index contributed by atoms with van der Waals surface area (Å²) in [5, 5.41) is 23.4. The number of nitrogens with one attached hydrogen (secondary N) is 1. The molecule has 1 aromatic carbocycles. The lowest BCUT2D eigenvalue weighted by Crippen LogP contribution is -2.51. The van der Waals surface area contributed by atoms with E-state index in [-0.39, 0.29) is 36.5 Å². The van der Waals surface area contributed by atoms with Crippen molar-refractivity contribution in [3.8, 4) is 0 Å². The van der Waals surface area contributed by atoms with Crippen LogP contribution in [0.2, 0.25) is 0 Å². The van der Waals surface area contributed by atoms with Crippen molar-refractivity contribution >= 4 is 23.5 Å². The van der Waals surface area contributed by atoms with E-state index in [1.807, 2.05) is 0 Å². The van der Waals surface area contributed by atoms with Crippen molar-refractivity contribution in [2.24, 2.45) is 0 Å². The molecule has 1 fully saturated rings. The van der Waals surface area contributed by atoms with Gasteiger partial charge in [-0.15, -0.1) is 0 Å². The summed E-state index contributed by atoms with van der Waals surface area (Å²) in [5.74, 6) is -1.77. The molecule has 0 radical (unpaired) electrons. The normalized spacial score (nSPS) is 20.0. The summed E-state index contributed by atoms with van der Waals surface area (Å²) in [6, 6.07) is 3.78. The fraction of sp³-hybridized carbons (Fsp3) is 0.471. The molecule has 2 amide bonds. The van der Waals surface area contributed by atoms with Gasteiger partial charge >= 0.3 is 5.97 Å². The summed E-state index contributed by atoms with van der Waals surface area (Å²) in [7, 11) is 1.14. The van der Waals surface area contributed by atoms with Crippen LogP contribution in [0.3, 0.4) is 0 Å². The van der Waals surface area contributed by atoms with Gasteiger partial charge in [0.05, 0.1) is 18.1 Å². The molecule has 2 N–H and O–H groups in total. The molecule has 146 valence electrons. The molecule has 27 heavy (non-hydrogen) atoms. The number of hydrogen-bond donors (Lipinski definition) is 2. The number of nitro benzene ring substituents is 1. The molecule has 1 aliphatic rings. The molecule has 0 spiro atoms. The monoisotopic (exact) mass is 379 g/mol. The van der Waals surface area contributed by atoms with Gasteiger partial charge < -0.3 is 20.1 Å². The number of ether oxygens (including phenoxy) is 1. The Balaban J connectivity index is 2.20. The number of methoxy groups -OCH3 is 1. The summed E-state index contributed by atoms with van der Waals surface area (Å²) < 4.78 is 4.69. The Morgan fingerprint density at radius 3 is 2.67 bits per heavy atom. The van der Waals surface area contributed by atoms with Gasteiger partial charge in [0, 0.05) is 37.9 Å². The Kier molecular flexibility index (Phi) is 6.45. The highest BCUT2D eigenvalue weighted by Gasteiger charge is 2.39. The van der Waals surface area contributed by atoms with Crippen LogP contribution in [0.25, 0.3) is 0 Å². The molecule has 0 unspecified atom stereocenters. The number of aliphatic hydroxyl groups excluding tert-OH is 1. The number of carbonyl (C=O) groups is 3. The van der Waals surface area contributed by atoms with E-state index in [0.29, 0.717) is 0 Å². The van der Waals surface area contributed by atoms with Gasteiger partial charge in [0.15, 0.2) is 0 Å². The lowest BCUT2D eigenvalue weighted by molar-refractivity contribution is -0.385. The molecule has 10 heteroatoms. The number of likely N-dealkylation sites (tertiary alicyclic amines) is 1. The number of amides is 2. The van der Waals surface area contributed by atoms with E-state index < -0.39 is 35.0 Å². The van der Waals surface area contributed by atoms with Gasteiger partial charge in [-0.2, -0.15) is 0 Å². The van der Waals surface area contributed by atoms with Crippen LogP contribution in [0.15, 0.2) is 24.3 Å². The lowest BCUT2D eigenvalue weighted by Gasteiger charge is -2.24. The van der Waals surface area contributed by atoms with E-state index in [0.717, 1.165) is 7.11 Å². The topological polar surface area (TPSA) is 139 Å². The number of rotatable bonds is 6. The van der Waals surface area contributed by atoms with Crippen molar-refractivity contribution in [1.82, 2.24) is 10.2 Å². The summed E-state index contributed by atoms with van der Waals surface area (Å²) in [6.45, 7) is 1.31. The highest BCUT2D eigenvalue weighted by Crippen LogP contribution is 2.21. The predicted octanol–water partition coefficient (Wildman–Crippen LogP) is -0.223. The smallest absolute Gasteiger partial charge is 0.328 e. The number of nitro groups is 1. The zero-order valence-corrected chi connectivity index (χ0v) is 15.0. The predicted molar refractivity (Wildman–Crippen MR) is 92.5 cm³/mol. The van der Waals surface area contributed by atoms with Crippen molar-refractivity contribution < 1.29 is 29.2 Å². The molecule has 1 heterocycles. The molecular formula is C17H21N3O7. The Hall–Kier alpha value is -3.01. The molecule has 0 bridgehead atoms. The second kappa shape index (κ2) is 8.58. The van der Waals surface area contributed by atoms with Crippen LogP contribution < -0.4 is 5.32 Å². The van der Waals surface area contributed by atoms with Crippen LogP contribution in [-0.2, 0) is 25.5 Å². The van der Waals surface area contributed by atoms with Crippen LogP contribution in [-0.4, -0.2) is 64.6 Å². The Morgan fingerprint density at radius 2 is 2.07 bits per heavy atom. The van der Waals surface area contributed by atoms with Gasteiger partial charge in [0.2, 0.25) is 11.8 Å². The van der Waals surface area contributed by atoms with Crippen molar-refractivity contribution in [2.45, 2.75) is 38.0 Å². The minimum Gasteiger partial charge on any atom is -0.467 e. The highest BCUT2D eigenvalue weighted by atomic mass is 16.6. The molecule has 0 saturated carbocycles. The van der Waals surface area contributed by atoms with Crippen LogP contribution >= 0.6 is 0 Å². The summed E-state index contributed by atoms with van der Waals surface area (Å²) in [5.41, 5.74) is 0.0791. The first-order valence-electron chi connectivity index (χ1n) is 8.30. The average Bonchev–Trinajstić information content (AvgIpc) is 3.03. The van der Waals surface area contributed by atoms with Crippen LogP contribution in [0.1, 0.15) is 18.9 Å². The zero-order valence-electron chi connectivity index (χ0n) is 15.0. The molecule has 0 aromatic heterocycles. The van der Waals surface area contributed by atoms with Crippen molar-refractivity contribution in [3.63, 3.8) is 0 Å². The number of para-hydroxylation sites is 1. The van der Waals surface area contributed by atoms with E-state index >= 15 is 0 Å². The van der Waals surface area contributed by atoms with Crippen molar-refractivity contribution in [2.75, 3.05) is 13.7 Å². The van der Waals surface area contributed by atoms with E-state index in [2.05, 4.69) is 5.32 Å². The Bertz CT molecular complexity index is 752. The third-order valence-corrected chi connectivity index (χ3v) is 4.40. The fourth-order valence-electron chi connectivity index (χ4n) is 3.10. The number of hydrogen-bond acceptors (Lipinski definition) is 7.